The van der Waals surface area contributed by atoms with Crippen LogP contribution in [0.3, 0.4) is 0 Å². The lowest BCUT2D eigenvalue weighted by Crippen LogP contribution is -2.05. The number of benzene rings is 1. The molecule has 3 aromatic rings. The fraction of sp³-hybridized carbons (Fsp3) is 0.333. The van der Waals surface area contributed by atoms with Gasteiger partial charge in [0.05, 0.1) is 29.4 Å². The molecule has 0 aliphatic carbocycles. The Morgan fingerprint density at radius 1 is 1.22 bits per heavy atom. The smallest absolute Gasteiger partial charge is 0.191 e. The maximum atomic E-state index is 5.10. The van der Waals surface area contributed by atoms with Gasteiger partial charge in [-0.25, -0.2) is 4.68 Å². The third kappa shape index (κ3) is 3.77. The first-order valence-electron chi connectivity index (χ1n) is 7.29. The number of nitrogens with zero attached hydrogens (tertiary/aromatic N) is 6. The minimum absolute atomic E-state index is 0.123. The molecular formula is C15H18N6OS. The highest BCUT2D eigenvalue weighted by Gasteiger charge is 2.16. The van der Waals surface area contributed by atoms with Gasteiger partial charge < -0.3 is 9.30 Å². The Labute approximate surface area is 138 Å². The molecule has 0 spiro atoms. The van der Waals surface area contributed by atoms with Crippen LogP contribution in [0.2, 0.25) is 0 Å². The first-order chi connectivity index (χ1) is 11.3. The Morgan fingerprint density at radius 2 is 2.04 bits per heavy atom. The minimum atomic E-state index is 0.123. The second kappa shape index (κ2) is 7.38. The van der Waals surface area contributed by atoms with Crippen molar-refractivity contribution in [1.29, 1.82) is 0 Å². The molecule has 7 nitrogen and oxygen atoms in total. The van der Waals surface area contributed by atoms with Crippen molar-refractivity contribution >= 4 is 11.8 Å². The maximum absolute atomic E-state index is 5.10. The van der Waals surface area contributed by atoms with Gasteiger partial charge >= 0.3 is 0 Å². The first-order valence-corrected chi connectivity index (χ1v) is 8.17. The second-order valence-electron chi connectivity index (χ2n) is 4.98. The molecule has 0 saturated carbocycles. The molecule has 3 rings (SSSR count). The van der Waals surface area contributed by atoms with Crippen LogP contribution in [0.5, 0.6) is 0 Å². The fourth-order valence-corrected chi connectivity index (χ4v) is 2.98. The van der Waals surface area contributed by atoms with Gasteiger partial charge in [-0.3, -0.25) is 0 Å². The van der Waals surface area contributed by atoms with Gasteiger partial charge in [-0.05, 0) is 19.1 Å². The van der Waals surface area contributed by atoms with Crippen molar-refractivity contribution in [2.75, 3.05) is 13.7 Å². The van der Waals surface area contributed by atoms with Gasteiger partial charge in [0.25, 0.3) is 0 Å². The van der Waals surface area contributed by atoms with Gasteiger partial charge in [0.15, 0.2) is 5.16 Å². The summed E-state index contributed by atoms with van der Waals surface area (Å²) in [5.41, 5.74) is 1.90. The van der Waals surface area contributed by atoms with E-state index in [9.17, 15) is 0 Å². The summed E-state index contributed by atoms with van der Waals surface area (Å²) in [5.74, 6) is 0. The highest BCUT2D eigenvalue weighted by molar-refractivity contribution is 7.99. The molecule has 0 N–H and O–H groups in total. The molecule has 1 aromatic carbocycles. The number of hydrogen-bond donors (Lipinski definition) is 0. The molecule has 0 aliphatic heterocycles. The van der Waals surface area contributed by atoms with Crippen LogP contribution in [0.25, 0.3) is 5.69 Å². The average molecular weight is 330 g/mol. The Hall–Kier alpha value is -2.19. The number of thioether (sulfide) groups is 1. The quantitative estimate of drug-likeness (QED) is 0.619. The van der Waals surface area contributed by atoms with E-state index < -0.39 is 0 Å². The number of ether oxygens (including phenoxy) is 1. The maximum Gasteiger partial charge on any atom is 0.191 e. The summed E-state index contributed by atoms with van der Waals surface area (Å²) in [6.45, 7) is 3.44. The Balaban J connectivity index is 1.71. The van der Waals surface area contributed by atoms with Crippen LogP contribution in [0.4, 0.5) is 0 Å². The average Bonchev–Trinajstić information content (AvgIpc) is 3.23. The monoisotopic (exact) mass is 330 g/mol. The van der Waals surface area contributed by atoms with Crippen molar-refractivity contribution in [3.05, 3.63) is 48.5 Å². The molecule has 2 aromatic heterocycles. The van der Waals surface area contributed by atoms with Crippen molar-refractivity contribution in [2.45, 2.75) is 23.9 Å². The Kier molecular flexibility index (Phi) is 5.04. The van der Waals surface area contributed by atoms with E-state index in [4.69, 9.17) is 4.74 Å². The van der Waals surface area contributed by atoms with E-state index in [1.54, 1.807) is 29.9 Å². The van der Waals surface area contributed by atoms with Crippen LogP contribution in [0, 0.1) is 0 Å². The molecule has 0 saturated heterocycles. The van der Waals surface area contributed by atoms with E-state index in [2.05, 4.69) is 27.4 Å². The van der Waals surface area contributed by atoms with Gasteiger partial charge in [-0.15, -0.1) is 15.3 Å². The highest BCUT2D eigenvalue weighted by Crippen LogP contribution is 2.32. The summed E-state index contributed by atoms with van der Waals surface area (Å²) in [6.07, 6.45) is 3.66. The number of aromatic nitrogens is 6. The van der Waals surface area contributed by atoms with Crippen molar-refractivity contribution in [2.24, 2.45) is 0 Å². The zero-order valence-corrected chi connectivity index (χ0v) is 13.8. The lowest BCUT2D eigenvalue weighted by Gasteiger charge is -2.08. The molecule has 0 aliphatic rings. The van der Waals surface area contributed by atoms with E-state index in [0.717, 1.165) is 23.1 Å². The molecular weight excluding hydrogens is 312 g/mol. The van der Waals surface area contributed by atoms with Crippen molar-refractivity contribution in [1.82, 2.24) is 29.8 Å². The van der Waals surface area contributed by atoms with Gasteiger partial charge in [-0.1, -0.05) is 35.2 Å². The summed E-state index contributed by atoms with van der Waals surface area (Å²) in [6, 6.07) is 9.93. The predicted octanol–water partition coefficient (Wildman–Crippen LogP) is 2.36. The van der Waals surface area contributed by atoms with E-state index >= 15 is 0 Å². The summed E-state index contributed by atoms with van der Waals surface area (Å²) < 4.78 is 8.86. The molecule has 1 atom stereocenters. The number of methoxy groups -OCH3 is 1. The molecule has 120 valence electrons. The Bertz CT molecular complexity index is 741. The molecule has 23 heavy (non-hydrogen) atoms. The molecule has 0 amide bonds. The number of hydrogen-bond acceptors (Lipinski definition) is 6. The van der Waals surface area contributed by atoms with Crippen LogP contribution in [-0.4, -0.2) is 43.5 Å². The van der Waals surface area contributed by atoms with Gasteiger partial charge in [-0.2, -0.15) is 0 Å². The molecule has 8 heteroatoms. The standard InChI is InChI=1S/C15H18N6OS/c1-12(23-15-18-16-11-20(15)8-9-22-2)14-10-21(19-17-14)13-6-4-3-5-7-13/h3-7,10-12H,8-9H2,1-2H3. The summed E-state index contributed by atoms with van der Waals surface area (Å²) in [4.78, 5) is 0. The van der Waals surface area contributed by atoms with Gasteiger partial charge in [0, 0.05) is 13.7 Å². The zero-order valence-electron chi connectivity index (χ0n) is 13.0. The highest BCUT2D eigenvalue weighted by atomic mass is 32.2. The summed E-state index contributed by atoms with van der Waals surface area (Å²) >= 11 is 1.61. The van der Waals surface area contributed by atoms with Crippen LogP contribution in [0.15, 0.2) is 48.0 Å². The third-order valence-corrected chi connectivity index (χ3v) is 4.47. The minimum Gasteiger partial charge on any atom is -0.383 e. The van der Waals surface area contributed by atoms with Crippen molar-refractivity contribution in [3.63, 3.8) is 0 Å². The third-order valence-electron chi connectivity index (χ3n) is 3.35. The van der Waals surface area contributed by atoms with E-state index in [0.29, 0.717) is 6.61 Å². The predicted molar refractivity (Wildman–Crippen MR) is 87.5 cm³/mol. The van der Waals surface area contributed by atoms with Crippen LogP contribution in [0.1, 0.15) is 17.9 Å². The van der Waals surface area contributed by atoms with Crippen LogP contribution >= 0.6 is 11.8 Å². The van der Waals surface area contributed by atoms with Crippen LogP contribution in [-0.2, 0) is 11.3 Å². The van der Waals surface area contributed by atoms with E-state index in [-0.39, 0.29) is 5.25 Å². The zero-order chi connectivity index (χ0) is 16.1. The molecule has 0 fully saturated rings. The molecule has 0 radical (unpaired) electrons. The Morgan fingerprint density at radius 3 is 2.83 bits per heavy atom. The SMILES string of the molecule is COCCn1cnnc1SC(C)c1cn(-c2ccccc2)nn1. The number of para-hydroxylation sites is 1. The molecule has 1 unspecified atom stereocenters. The largest absolute Gasteiger partial charge is 0.383 e. The molecule has 2 heterocycles. The lowest BCUT2D eigenvalue weighted by molar-refractivity contribution is 0.184. The first kappa shape index (κ1) is 15.7. The fourth-order valence-electron chi connectivity index (χ4n) is 2.07. The molecule has 0 bridgehead atoms. The van der Waals surface area contributed by atoms with E-state index in [1.807, 2.05) is 41.1 Å². The lowest BCUT2D eigenvalue weighted by atomic mass is 10.3. The summed E-state index contributed by atoms with van der Waals surface area (Å²) in [7, 11) is 1.68. The van der Waals surface area contributed by atoms with Crippen molar-refractivity contribution < 1.29 is 4.74 Å². The second-order valence-corrected chi connectivity index (χ2v) is 6.29. The van der Waals surface area contributed by atoms with Crippen LogP contribution < -0.4 is 0 Å². The van der Waals surface area contributed by atoms with Crippen molar-refractivity contribution in [3.8, 4) is 5.69 Å². The van der Waals surface area contributed by atoms with E-state index in [1.165, 1.54) is 0 Å². The van der Waals surface area contributed by atoms with Gasteiger partial charge in [0.2, 0.25) is 0 Å². The topological polar surface area (TPSA) is 70.7 Å². The van der Waals surface area contributed by atoms with Gasteiger partial charge in [0.1, 0.15) is 6.33 Å². The normalized spacial score (nSPS) is 12.4. The summed E-state index contributed by atoms with van der Waals surface area (Å²) in [5, 5.41) is 17.6. The number of rotatable bonds is 7.